The Morgan fingerprint density at radius 1 is 0.637 bits per heavy atom. The number of aliphatic hydroxyl groups is 2. The molecule has 1 fully saturated rings. The average molecular weight is 1320 g/mol. The van der Waals surface area contributed by atoms with E-state index in [1.54, 1.807) is 96.3 Å². The molecule has 1 aliphatic rings. The van der Waals surface area contributed by atoms with Crippen molar-refractivity contribution in [3.05, 3.63) is 102 Å². The van der Waals surface area contributed by atoms with Gasteiger partial charge in [-0.05, 0) is 103 Å². The number of amides is 10. The number of carbonyl (C=O) groups excluding carboxylic acids is 10. The van der Waals surface area contributed by atoms with Crippen molar-refractivity contribution in [2.45, 2.75) is 172 Å². The van der Waals surface area contributed by atoms with E-state index in [2.05, 4.69) is 70.8 Å². The first-order valence-corrected chi connectivity index (χ1v) is 33.1. The van der Waals surface area contributed by atoms with Gasteiger partial charge >= 0.3 is 12.2 Å². The monoisotopic (exact) mass is 1320 g/mol. The lowest BCUT2D eigenvalue weighted by atomic mass is 10.0. The van der Waals surface area contributed by atoms with Gasteiger partial charge in [0, 0.05) is 66.7 Å². The largest absolute Gasteiger partial charge is 0.508 e. The third-order valence-corrected chi connectivity index (χ3v) is 16.5. The molecular weight excluding hydrogens is 1230 g/mol. The summed E-state index contributed by atoms with van der Waals surface area (Å²) in [5.41, 5.74) is 0.598. The Bertz CT molecular complexity index is 3110. The van der Waals surface area contributed by atoms with Crippen molar-refractivity contribution >= 4 is 105 Å². The normalized spacial score (nSPS) is 20.5. The molecule has 0 aliphatic carbocycles. The third-order valence-electron chi connectivity index (χ3n) is 13.9. The number of thiol groups is 1. The first kappa shape index (κ1) is 74.0. The van der Waals surface area contributed by atoms with Crippen LogP contribution in [-0.4, -0.2) is 182 Å². The SMILES string of the molecule is C[C@@H](O)[C@H](NC(=O)[C@@H]1CSSC[C@H](NC(=O)[C@@H](Cc2ccccc2)NC(=O)OC(C)(C)C)C(=O)N[C@@H](Cc2ccc(O)cc2)C(=O)N[C@H](Cc2c[nH]c3ccccc23)C(=O)N[C@@H](CCCCCNC(=O)OC(C)(C)C)C(=O)N[C@@H]([C@@H](C)O)C(=O)N1)C(=O)NCCS. The summed E-state index contributed by atoms with van der Waals surface area (Å²) in [4.78, 5) is 146. The number of ether oxygens (including phenoxy) is 2. The highest BCUT2D eigenvalue weighted by Crippen LogP contribution is 2.25. The van der Waals surface area contributed by atoms with E-state index in [1.165, 1.54) is 38.1 Å². The van der Waals surface area contributed by atoms with Gasteiger partial charge in [0.2, 0.25) is 47.3 Å². The summed E-state index contributed by atoms with van der Waals surface area (Å²) in [7, 11) is 1.83. The molecule has 0 bridgehead atoms. The zero-order valence-corrected chi connectivity index (χ0v) is 54.9. The summed E-state index contributed by atoms with van der Waals surface area (Å²) in [6, 6.07) is 9.25. The number of nitrogens with one attached hydrogen (secondary N) is 11. The maximum absolute atomic E-state index is 15.1. The Labute approximate surface area is 542 Å². The zero-order valence-electron chi connectivity index (χ0n) is 52.3. The van der Waals surface area contributed by atoms with E-state index in [9.17, 15) is 48.9 Å². The fraction of sp³-hybridized carbons (Fsp3) is 0.516. The molecule has 14 N–H and O–H groups in total. The first-order valence-electron chi connectivity index (χ1n) is 30.0. The number of fused-ring (bicyclic) bond motifs is 1. The van der Waals surface area contributed by atoms with Crippen molar-refractivity contribution in [2.24, 2.45) is 0 Å². The predicted molar refractivity (Wildman–Crippen MR) is 348 cm³/mol. The molecule has 2 heterocycles. The lowest BCUT2D eigenvalue weighted by Gasteiger charge is -2.29. The van der Waals surface area contributed by atoms with Crippen LogP contribution in [0.2, 0.25) is 0 Å². The molecule has 1 aliphatic heterocycles. The van der Waals surface area contributed by atoms with Crippen molar-refractivity contribution in [1.29, 1.82) is 0 Å². The molecule has 3 aromatic carbocycles. The van der Waals surface area contributed by atoms with Crippen LogP contribution < -0.4 is 53.2 Å². The van der Waals surface area contributed by atoms with Gasteiger partial charge in [-0.2, -0.15) is 12.6 Å². The lowest BCUT2D eigenvalue weighted by Crippen LogP contribution is -2.63. The smallest absolute Gasteiger partial charge is 0.408 e. The second-order valence-corrected chi connectivity index (χ2v) is 26.9. The maximum Gasteiger partial charge on any atom is 0.408 e. The van der Waals surface area contributed by atoms with Crippen LogP contribution >= 0.6 is 34.2 Å². The van der Waals surface area contributed by atoms with E-state index in [0.29, 0.717) is 40.4 Å². The van der Waals surface area contributed by atoms with Gasteiger partial charge in [-0.15, -0.1) is 0 Å². The zero-order chi connectivity index (χ0) is 67.0. The minimum Gasteiger partial charge on any atom is -0.508 e. The summed E-state index contributed by atoms with van der Waals surface area (Å²) in [6.07, 6.45) is -2.61. The molecule has 498 valence electrons. The molecular formula is C62H87N11O15S3. The molecule has 91 heavy (non-hydrogen) atoms. The van der Waals surface area contributed by atoms with Gasteiger partial charge < -0.3 is 82.9 Å². The number of aromatic hydroxyl groups is 1. The number of aromatic amines is 1. The lowest BCUT2D eigenvalue weighted by molar-refractivity contribution is -0.137. The van der Waals surface area contributed by atoms with Gasteiger partial charge in [0.15, 0.2) is 0 Å². The number of rotatable bonds is 22. The minimum absolute atomic E-state index is 0.0680. The molecule has 10 atom stereocenters. The molecule has 0 spiro atoms. The van der Waals surface area contributed by atoms with Crippen LogP contribution in [0.4, 0.5) is 9.59 Å². The summed E-state index contributed by atoms with van der Waals surface area (Å²) in [5.74, 6) is -7.98. The Kier molecular flexibility index (Phi) is 29.1. The van der Waals surface area contributed by atoms with Crippen LogP contribution in [0.25, 0.3) is 10.9 Å². The molecule has 5 rings (SSSR count). The number of aliphatic hydroxyl groups excluding tert-OH is 2. The molecule has 1 saturated heterocycles. The number of H-pyrrole nitrogens is 1. The molecule has 0 saturated carbocycles. The Morgan fingerprint density at radius 2 is 1.24 bits per heavy atom. The first-order chi connectivity index (χ1) is 43.0. The fourth-order valence-corrected chi connectivity index (χ4v) is 11.7. The Hall–Kier alpha value is -7.73. The fourth-order valence-electron chi connectivity index (χ4n) is 9.30. The van der Waals surface area contributed by atoms with E-state index in [4.69, 9.17) is 9.47 Å². The summed E-state index contributed by atoms with van der Waals surface area (Å²) < 4.78 is 10.9. The maximum atomic E-state index is 15.1. The molecule has 4 aromatic rings. The highest BCUT2D eigenvalue weighted by atomic mass is 33.1. The van der Waals surface area contributed by atoms with Gasteiger partial charge in [0.05, 0.1) is 12.2 Å². The number of phenols is 1. The van der Waals surface area contributed by atoms with E-state index in [0.717, 1.165) is 21.6 Å². The summed E-state index contributed by atoms with van der Waals surface area (Å²) in [6.45, 7) is 12.8. The van der Waals surface area contributed by atoms with Crippen LogP contribution in [0.15, 0.2) is 85.1 Å². The van der Waals surface area contributed by atoms with Crippen LogP contribution in [0.5, 0.6) is 5.75 Å². The van der Waals surface area contributed by atoms with E-state index < -0.39 is 131 Å². The van der Waals surface area contributed by atoms with Gasteiger partial charge in [-0.1, -0.05) is 95.1 Å². The number of alkyl carbamates (subject to hydrolysis) is 2. The molecule has 1 aromatic heterocycles. The van der Waals surface area contributed by atoms with Gasteiger partial charge in [0.25, 0.3) is 0 Å². The minimum atomic E-state index is -1.81. The van der Waals surface area contributed by atoms with Crippen LogP contribution in [-0.2, 0) is 67.1 Å². The van der Waals surface area contributed by atoms with Crippen molar-refractivity contribution in [2.75, 3.05) is 30.3 Å². The molecule has 29 heteroatoms. The Balaban J connectivity index is 1.62. The Morgan fingerprint density at radius 3 is 1.89 bits per heavy atom. The number of unbranched alkanes of at least 4 members (excludes halogenated alkanes) is 2. The van der Waals surface area contributed by atoms with E-state index >= 15 is 14.4 Å². The van der Waals surface area contributed by atoms with Gasteiger partial charge in [-0.25, -0.2) is 9.59 Å². The highest BCUT2D eigenvalue weighted by molar-refractivity contribution is 8.76. The third kappa shape index (κ3) is 25.5. The predicted octanol–water partition coefficient (Wildman–Crippen LogP) is 2.48. The van der Waals surface area contributed by atoms with Crippen molar-refractivity contribution in [3.63, 3.8) is 0 Å². The number of hydrogen-bond acceptors (Lipinski definition) is 18. The average Bonchev–Trinajstić information content (AvgIpc) is 2.82. The van der Waals surface area contributed by atoms with Crippen molar-refractivity contribution < 1.29 is 72.7 Å². The summed E-state index contributed by atoms with van der Waals surface area (Å²) in [5, 5.41) is 59.3. The molecule has 26 nitrogen and oxygen atoms in total. The van der Waals surface area contributed by atoms with Crippen LogP contribution in [0.1, 0.15) is 97.8 Å². The number of hydrogen-bond donors (Lipinski definition) is 15. The van der Waals surface area contributed by atoms with Gasteiger partial charge in [-0.3, -0.25) is 38.4 Å². The number of phenolic OH excluding ortho intramolecular Hbond substituents is 1. The van der Waals surface area contributed by atoms with Crippen molar-refractivity contribution in [3.8, 4) is 5.75 Å². The standard InChI is InChI=1S/C62H87N11O15S3/c1-35(74)49(57(83)63-27-28-89)72-56(82)48-34-91-90-33-47(69-53(79)45(29-37-17-11-9-12-18-37)71-60(86)88-62(6,7)8)55(81)67-44(30-38-22-24-40(76)25-23-38)52(78)68-46(31-39-32-65-42-20-15-14-19-41(39)42)54(80)66-43(51(77)73-50(36(2)75)58(84)70-48)21-13-10-16-26-64-59(85)87-61(3,4)5/h9,11-12,14-15,17-20,22-25,32,35-36,43-50,65,74-76,89H,10,13,16,21,26-31,33-34H2,1-8H3,(H,63,83)(H,64,85)(H,66,80)(H,67,81)(H,68,78)(H,69,79)(H,70,84)(H,71,86)(H,72,82)(H,73,77)/t35-,36-,43+,44+,45-,46-,47+,48+,49+,50+/m1/s1. The number of carbonyl (C=O) groups is 10. The van der Waals surface area contributed by atoms with Gasteiger partial charge in [0.1, 0.15) is 65.3 Å². The van der Waals surface area contributed by atoms with E-state index in [1.807, 2.05) is 6.07 Å². The number of aromatic nitrogens is 1. The number of para-hydroxylation sites is 1. The molecule has 0 radical (unpaired) electrons. The summed E-state index contributed by atoms with van der Waals surface area (Å²) >= 11 is 4.12. The second kappa shape index (κ2) is 35.8. The molecule has 10 amide bonds. The molecule has 0 unspecified atom stereocenters. The van der Waals surface area contributed by atoms with Crippen LogP contribution in [0, 0.1) is 0 Å². The second-order valence-electron chi connectivity index (χ2n) is 23.9. The number of benzene rings is 3. The highest BCUT2D eigenvalue weighted by Gasteiger charge is 2.38. The van der Waals surface area contributed by atoms with E-state index in [-0.39, 0.29) is 68.2 Å². The van der Waals surface area contributed by atoms with Crippen LogP contribution in [0.3, 0.4) is 0 Å². The van der Waals surface area contributed by atoms with Crippen molar-refractivity contribution in [1.82, 2.24) is 58.2 Å². The quantitative estimate of drug-likeness (QED) is 0.0305. The topological polar surface area (TPSA) is 386 Å².